The summed E-state index contributed by atoms with van der Waals surface area (Å²) in [7, 11) is 1.51. The number of rotatable bonds is 6. The Morgan fingerprint density at radius 3 is 2.79 bits per heavy atom. The van der Waals surface area contributed by atoms with Crippen LogP contribution in [0.15, 0.2) is 22.7 Å². The smallest absolute Gasteiger partial charge is 0.319 e. The molecule has 0 saturated heterocycles. The molecule has 0 spiro atoms. The van der Waals surface area contributed by atoms with E-state index in [0.717, 1.165) is 4.47 Å². The standard InChI is InChI=1S/C12H15BrN2O4/c1-19-10-5-4-8(13)7-9(10)15-12(18)14-6-2-3-11(16)17/h4-5,7H,2-3,6H2,1H3,(H,16,17)(H2,14,15,18). The molecule has 0 fully saturated rings. The number of urea groups is 1. The fraction of sp³-hybridized carbons (Fsp3) is 0.333. The number of methoxy groups -OCH3 is 1. The summed E-state index contributed by atoms with van der Waals surface area (Å²) in [6.07, 6.45) is 0.416. The van der Waals surface area contributed by atoms with E-state index < -0.39 is 12.0 Å². The number of nitrogens with one attached hydrogen (secondary N) is 2. The van der Waals surface area contributed by atoms with Crippen LogP contribution in [-0.4, -0.2) is 30.8 Å². The number of carbonyl (C=O) groups excluding carboxylic acids is 1. The van der Waals surface area contributed by atoms with Crippen LogP contribution in [0, 0.1) is 0 Å². The van der Waals surface area contributed by atoms with E-state index in [1.54, 1.807) is 18.2 Å². The number of ether oxygens (including phenoxy) is 1. The zero-order chi connectivity index (χ0) is 14.3. The van der Waals surface area contributed by atoms with Gasteiger partial charge in [-0.15, -0.1) is 0 Å². The first-order chi connectivity index (χ1) is 9.02. The van der Waals surface area contributed by atoms with E-state index in [1.807, 2.05) is 0 Å². The molecule has 2 amide bonds. The zero-order valence-corrected chi connectivity index (χ0v) is 12.0. The van der Waals surface area contributed by atoms with Gasteiger partial charge in [0.05, 0.1) is 12.8 Å². The van der Waals surface area contributed by atoms with Crippen LogP contribution in [0.25, 0.3) is 0 Å². The highest BCUT2D eigenvalue weighted by Crippen LogP contribution is 2.27. The maximum absolute atomic E-state index is 11.6. The Kier molecular flexibility index (Phi) is 6.14. The summed E-state index contributed by atoms with van der Waals surface area (Å²) >= 11 is 3.30. The van der Waals surface area contributed by atoms with Crippen molar-refractivity contribution in [3.05, 3.63) is 22.7 Å². The molecule has 0 radical (unpaired) electrons. The minimum Gasteiger partial charge on any atom is -0.495 e. The second-order valence-corrected chi connectivity index (χ2v) is 4.64. The van der Waals surface area contributed by atoms with Crippen LogP contribution < -0.4 is 15.4 Å². The average molecular weight is 331 g/mol. The van der Waals surface area contributed by atoms with Gasteiger partial charge in [0.1, 0.15) is 5.75 Å². The summed E-state index contributed by atoms with van der Waals surface area (Å²) < 4.78 is 5.93. The van der Waals surface area contributed by atoms with Crippen molar-refractivity contribution in [1.29, 1.82) is 0 Å². The van der Waals surface area contributed by atoms with Gasteiger partial charge in [0.25, 0.3) is 0 Å². The quantitative estimate of drug-likeness (QED) is 0.699. The predicted molar refractivity (Wildman–Crippen MR) is 74.6 cm³/mol. The zero-order valence-electron chi connectivity index (χ0n) is 10.4. The van der Waals surface area contributed by atoms with Crippen LogP contribution in [-0.2, 0) is 4.79 Å². The molecular formula is C12H15BrN2O4. The van der Waals surface area contributed by atoms with Crippen LogP contribution in [0.4, 0.5) is 10.5 Å². The third kappa shape index (κ3) is 5.60. The molecule has 0 aromatic heterocycles. The summed E-state index contributed by atoms with van der Waals surface area (Å²) in [6.45, 7) is 0.300. The molecule has 0 bridgehead atoms. The van der Waals surface area contributed by atoms with Crippen molar-refractivity contribution in [3.8, 4) is 5.75 Å². The Labute approximate surface area is 119 Å². The molecule has 7 heteroatoms. The van der Waals surface area contributed by atoms with Crippen LogP contribution in [0.3, 0.4) is 0 Å². The Morgan fingerprint density at radius 2 is 2.16 bits per heavy atom. The lowest BCUT2D eigenvalue weighted by molar-refractivity contribution is -0.137. The van der Waals surface area contributed by atoms with Gasteiger partial charge in [0, 0.05) is 17.4 Å². The summed E-state index contributed by atoms with van der Waals surface area (Å²) in [4.78, 5) is 21.9. The third-order valence-corrected chi connectivity index (χ3v) is 2.76. The van der Waals surface area contributed by atoms with Gasteiger partial charge in [-0.1, -0.05) is 15.9 Å². The van der Waals surface area contributed by atoms with Gasteiger partial charge in [-0.05, 0) is 24.6 Å². The Morgan fingerprint density at radius 1 is 1.42 bits per heavy atom. The summed E-state index contributed by atoms with van der Waals surface area (Å²) in [5.41, 5.74) is 0.535. The van der Waals surface area contributed by atoms with E-state index in [1.165, 1.54) is 7.11 Å². The van der Waals surface area contributed by atoms with E-state index in [-0.39, 0.29) is 6.42 Å². The maximum atomic E-state index is 11.6. The van der Waals surface area contributed by atoms with Crippen molar-refractivity contribution in [1.82, 2.24) is 5.32 Å². The van der Waals surface area contributed by atoms with Gasteiger partial charge in [-0.25, -0.2) is 4.79 Å². The van der Waals surface area contributed by atoms with E-state index >= 15 is 0 Å². The molecule has 0 aliphatic carbocycles. The second-order valence-electron chi connectivity index (χ2n) is 3.72. The summed E-state index contributed by atoms with van der Waals surface area (Å²) in [5.74, 6) is -0.334. The van der Waals surface area contributed by atoms with E-state index in [9.17, 15) is 9.59 Å². The monoisotopic (exact) mass is 330 g/mol. The van der Waals surface area contributed by atoms with Gasteiger partial charge in [-0.3, -0.25) is 4.79 Å². The number of anilines is 1. The average Bonchev–Trinajstić information content (AvgIpc) is 2.35. The number of hydrogen-bond acceptors (Lipinski definition) is 3. The van der Waals surface area contributed by atoms with Crippen LogP contribution >= 0.6 is 15.9 Å². The fourth-order valence-corrected chi connectivity index (χ4v) is 1.75. The maximum Gasteiger partial charge on any atom is 0.319 e. The first-order valence-corrected chi connectivity index (χ1v) is 6.42. The Hall–Kier alpha value is -1.76. The van der Waals surface area contributed by atoms with Crippen molar-refractivity contribution in [3.63, 3.8) is 0 Å². The molecule has 0 aliphatic rings. The van der Waals surface area contributed by atoms with E-state index in [0.29, 0.717) is 24.4 Å². The SMILES string of the molecule is COc1ccc(Br)cc1NC(=O)NCCCC(=O)O. The molecular weight excluding hydrogens is 316 g/mol. The molecule has 1 aromatic rings. The summed E-state index contributed by atoms with van der Waals surface area (Å²) in [6, 6.07) is 4.84. The topological polar surface area (TPSA) is 87.7 Å². The lowest BCUT2D eigenvalue weighted by Gasteiger charge is -2.11. The molecule has 3 N–H and O–H groups in total. The number of halogens is 1. The highest BCUT2D eigenvalue weighted by atomic mass is 79.9. The Balaban J connectivity index is 2.47. The lowest BCUT2D eigenvalue weighted by Crippen LogP contribution is -2.29. The van der Waals surface area contributed by atoms with Crippen molar-refractivity contribution in [2.75, 3.05) is 19.0 Å². The van der Waals surface area contributed by atoms with Gasteiger partial charge in [0.2, 0.25) is 0 Å². The number of hydrogen-bond donors (Lipinski definition) is 3. The first kappa shape index (κ1) is 15.3. The number of carboxylic acid groups (broad SMARTS) is 1. The van der Waals surface area contributed by atoms with Crippen molar-refractivity contribution in [2.45, 2.75) is 12.8 Å². The fourth-order valence-electron chi connectivity index (χ4n) is 1.39. The van der Waals surface area contributed by atoms with Crippen LogP contribution in [0.2, 0.25) is 0 Å². The number of benzene rings is 1. The van der Waals surface area contributed by atoms with Crippen molar-refractivity contribution in [2.24, 2.45) is 0 Å². The van der Waals surface area contributed by atoms with Crippen LogP contribution in [0.5, 0.6) is 5.75 Å². The first-order valence-electron chi connectivity index (χ1n) is 5.63. The van der Waals surface area contributed by atoms with Crippen molar-refractivity contribution < 1.29 is 19.4 Å². The molecule has 1 rings (SSSR count). The number of carboxylic acids is 1. The van der Waals surface area contributed by atoms with E-state index in [4.69, 9.17) is 9.84 Å². The summed E-state index contributed by atoms with van der Waals surface area (Å²) in [5, 5.41) is 13.7. The molecule has 19 heavy (non-hydrogen) atoms. The Bertz CT molecular complexity index is 465. The minimum atomic E-state index is -0.879. The van der Waals surface area contributed by atoms with Gasteiger partial charge in [-0.2, -0.15) is 0 Å². The molecule has 104 valence electrons. The van der Waals surface area contributed by atoms with Crippen molar-refractivity contribution >= 4 is 33.6 Å². The normalized spacial score (nSPS) is 9.79. The van der Waals surface area contributed by atoms with E-state index in [2.05, 4.69) is 26.6 Å². The van der Waals surface area contributed by atoms with Crippen LogP contribution in [0.1, 0.15) is 12.8 Å². The van der Waals surface area contributed by atoms with Gasteiger partial charge in [0.15, 0.2) is 0 Å². The van der Waals surface area contributed by atoms with Gasteiger partial charge >= 0.3 is 12.0 Å². The molecule has 1 aromatic carbocycles. The molecule has 0 aliphatic heterocycles. The lowest BCUT2D eigenvalue weighted by atomic mass is 10.3. The molecule has 0 heterocycles. The predicted octanol–water partition coefficient (Wildman–Crippen LogP) is 2.44. The number of aliphatic carboxylic acids is 1. The molecule has 0 saturated carbocycles. The second kappa shape index (κ2) is 7.63. The molecule has 6 nitrogen and oxygen atoms in total. The molecule has 0 atom stereocenters. The highest BCUT2D eigenvalue weighted by Gasteiger charge is 2.07. The third-order valence-electron chi connectivity index (χ3n) is 2.26. The highest BCUT2D eigenvalue weighted by molar-refractivity contribution is 9.10. The largest absolute Gasteiger partial charge is 0.495 e. The van der Waals surface area contributed by atoms with Gasteiger partial charge < -0.3 is 20.5 Å². The molecule has 0 unspecified atom stereocenters. The number of amides is 2. The minimum absolute atomic E-state index is 0.0283. The number of carbonyl (C=O) groups is 2.